The highest BCUT2D eigenvalue weighted by molar-refractivity contribution is 6.01. The molecular weight excluding hydrogens is 398 g/mol. The zero-order valence-corrected chi connectivity index (χ0v) is 18.5. The van der Waals surface area contributed by atoms with E-state index in [0.29, 0.717) is 49.9 Å². The van der Waals surface area contributed by atoms with Gasteiger partial charge in [-0.2, -0.15) is 5.26 Å². The van der Waals surface area contributed by atoms with Crippen LogP contribution in [0.3, 0.4) is 0 Å². The van der Waals surface area contributed by atoms with Gasteiger partial charge in [0.05, 0.1) is 12.7 Å². The lowest BCUT2D eigenvalue weighted by Gasteiger charge is -2.19. The van der Waals surface area contributed by atoms with E-state index in [9.17, 15) is 14.9 Å². The van der Waals surface area contributed by atoms with Crippen LogP contribution in [-0.2, 0) is 14.3 Å². The molecule has 1 saturated heterocycles. The Morgan fingerprint density at radius 1 is 1.26 bits per heavy atom. The van der Waals surface area contributed by atoms with Crippen LogP contribution in [0.25, 0.3) is 6.08 Å². The lowest BCUT2D eigenvalue weighted by atomic mass is 10.1. The minimum absolute atomic E-state index is 0.00364. The van der Waals surface area contributed by atoms with Crippen LogP contribution in [0.4, 0.5) is 0 Å². The number of amides is 2. The van der Waals surface area contributed by atoms with Gasteiger partial charge < -0.3 is 24.4 Å². The standard InChI is InChI=1S/C23H31N3O5/c1-4-26(5-2)22(27)16-31-20-10-9-17(13-21(20)29-6-3)12-18(14-24)23(28)25-15-19-8-7-11-30-19/h9-10,12-13,19H,4-8,11,15-16H2,1-3H3,(H,25,28)/b18-12+/t19-/m1/s1. The molecule has 0 unspecified atom stereocenters. The number of hydrogen-bond donors (Lipinski definition) is 1. The van der Waals surface area contributed by atoms with Crippen molar-refractivity contribution in [1.29, 1.82) is 5.26 Å². The molecule has 1 aliphatic rings. The largest absolute Gasteiger partial charge is 0.490 e. The molecule has 2 amide bonds. The fraction of sp³-hybridized carbons (Fsp3) is 0.522. The summed E-state index contributed by atoms with van der Waals surface area (Å²) in [7, 11) is 0. The molecule has 0 aromatic heterocycles. The second-order valence-electron chi connectivity index (χ2n) is 7.01. The minimum atomic E-state index is -0.443. The van der Waals surface area contributed by atoms with Crippen molar-refractivity contribution >= 4 is 17.9 Å². The predicted octanol–water partition coefficient (Wildman–Crippen LogP) is 2.53. The maximum Gasteiger partial charge on any atom is 0.262 e. The van der Waals surface area contributed by atoms with Crippen LogP contribution >= 0.6 is 0 Å². The molecule has 8 nitrogen and oxygen atoms in total. The third-order valence-corrected chi connectivity index (χ3v) is 4.93. The van der Waals surface area contributed by atoms with Gasteiger partial charge in [0, 0.05) is 26.2 Å². The van der Waals surface area contributed by atoms with Gasteiger partial charge in [-0.25, -0.2) is 0 Å². The molecule has 0 aliphatic carbocycles. The number of rotatable bonds is 11. The lowest BCUT2D eigenvalue weighted by molar-refractivity contribution is -0.133. The summed E-state index contributed by atoms with van der Waals surface area (Å²) in [5, 5.41) is 12.2. The minimum Gasteiger partial charge on any atom is -0.490 e. The van der Waals surface area contributed by atoms with Crippen molar-refractivity contribution in [3.05, 3.63) is 29.3 Å². The monoisotopic (exact) mass is 429 g/mol. The number of ether oxygens (including phenoxy) is 3. The molecule has 168 valence electrons. The van der Waals surface area contributed by atoms with E-state index in [-0.39, 0.29) is 24.2 Å². The Kier molecular flexibility index (Phi) is 9.85. The number of nitriles is 1. The van der Waals surface area contributed by atoms with Gasteiger partial charge in [-0.1, -0.05) is 6.07 Å². The van der Waals surface area contributed by atoms with Gasteiger partial charge in [-0.15, -0.1) is 0 Å². The van der Waals surface area contributed by atoms with Gasteiger partial charge >= 0.3 is 0 Å². The molecule has 1 aromatic carbocycles. The number of nitrogens with one attached hydrogen (secondary N) is 1. The average Bonchev–Trinajstić information content (AvgIpc) is 3.30. The summed E-state index contributed by atoms with van der Waals surface area (Å²) in [6, 6.07) is 7.01. The van der Waals surface area contributed by atoms with Crippen LogP contribution in [-0.4, -0.2) is 62.3 Å². The number of likely N-dealkylation sites (N-methyl/N-ethyl adjacent to an activating group) is 1. The zero-order chi connectivity index (χ0) is 22.6. The number of carbonyl (C=O) groups excluding carboxylic acids is 2. The average molecular weight is 430 g/mol. The highest BCUT2D eigenvalue weighted by Crippen LogP contribution is 2.29. The first-order valence-corrected chi connectivity index (χ1v) is 10.7. The topological polar surface area (TPSA) is 101 Å². The van der Waals surface area contributed by atoms with E-state index in [1.54, 1.807) is 23.1 Å². The van der Waals surface area contributed by atoms with Crippen molar-refractivity contribution in [1.82, 2.24) is 10.2 Å². The molecule has 1 heterocycles. The Balaban J connectivity index is 2.09. The van der Waals surface area contributed by atoms with Crippen LogP contribution in [0.2, 0.25) is 0 Å². The van der Waals surface area contributed by atoms with E-state index in [0.717, 1.165) is 12.8 Å². The van der Waals surface area contributed by atoms with E-state index < -0.39 is 5.91 Å². The van der Waals surface area contributed by atoms with Gasteiger partial charge in [-0.05, 0) is 57.4 Å². The van der Waals surface area contributed by atoms with E-state index in [1.807, 2.05) is 26.8 Å². The highest BCUT2D eigenvalue weighted by atomic mass is 16.5. The summed E-state index contributed by atoms with van der Waals surface area (Å²) >= 11 is 0. The van der Waals surface area contributed by atoms with Crippen molar-refractivity contribution in [2.24, 2.45) is 0 Å². The van der Waals surface area contributed by atoms with Crippen LogP contribution < -0.4 is 14.8 Å². The quantitative estimate of drug-likeness (QED) is 0.429. The molecule has 1 fully saturated rings. The SMILES string of the molecule is CCOc1cc(/C=C(\C#N)C(=O)NC[C@H]2CCCO2)ccc1OCC(=O)N(CC)CC. The molecule has 1 N–H and O–H groups in total. The van der Waals surface area contributed by atoms with Crippen LogP contribution in [0.5, 0.6) is 11.5 Å². The molecule has 31 heavy (non-hydrogen) atoms. The fourth-order valence-electron chi connectivity index (χ4n) is 3.23. The van der Waals surface area contributed by atoms with E-state index in [4.69, 9.17) is 14.2 Å². The molecule has 1 aromatic rings. The summed E-state index contributed by atoms with van der Waals surface area (Å²) in [4.78, 5) is 26.2. The maximum atomic E-state index is 12.4. The van der Waals surface area contributed by atoms with Crippen molar-refractivity contribution in [2.45, 2.75) is 39.7 Å². The lowest BCUT2D eigenvalue weighted by Crippen LogP contribution is -2.34. The number of hydrogen-bond acceptors (Lipinski definition) is 6. The van der Waals surface area contributed by atoms with Crippen molar-refractivity contribution in [3.8, 4) is 17.6 Å². The predicted molar refractivity (Wildman–Crippen MR) is 117 cm³/mol. The van der Waals surface area contributed by atoms with Crippen molar-refractivity contribution in [2.75, 3.05) is 39.5 Å². The summed E-state index contributed by atoms with van der Waals surface area (Å²) < 4.78 is 16.8. The zero-order valence-electron chi connectivity index (χ0n) is 18.5. The van der Waals surface area contributed by atoms with Gasteiger partial charge in [0.2, 0.25) is 0 Å². The van der Waals surface area contributed by atoms with Crippen LogP contribution in [0.1, 0.15) is 39.2 Å². The van der Waals surface area contributed by atoms with Gasteiger partial charge in [0.25, 0.3) is 11.8 Å². The molecule has 8 heteroatoms. The van der Waals surface area contributed by atoms with Gasteiger partial charge in [-0.3, -0.25) is 9.59 Å². The van der Waals surface area contributed by atoms with E-state index in [2.05, 4.69) is 5.32 Å². The van der Waals surface area contributed by atoms with Crippen LogP contribution in [0.15, 0.2) is 23.8 Å². The Labute approximate surface area is 183 Å². The summed E-state index contributed by atoms with van der Waals surface area (Å²) in [6.07, 6.45) is 3.39. The number of benzene rings is 1. The second-order valence-corrected chi connectivity index (χ2v) is 7.01. The van der Waals surface area contributed by atoms with Crippen molar-refractivity contribution in [3.63, 3.8) is 0 Å². The molecule has 1 atom stereocenters. The van der Waals surface area contributed by atoms with Crippen LogP contribution in [0, 0.1) is 11.3 Å². The third-order valence-electron chi connectivity index (χ3n) is 4.93. The Morgan fingerprint density at radius 2 is 2.03 bits per heavy atom. The molecule has 0 spiro atoms. The fourth-order valence-corrected chi connectivity index (χ4v) is 3.23. The molecule has 0 radical (unpaired) electrons. The smallest absolute Gasteiger partial charge is 0.262 e. The van der Waals surface area contributed by atoms with E-state index in [1.165, 1.54) is 6.08 Å². The summed E-state index contributed by atoms with van der Waals surface area (Å²) in [5.74, 6) is 0.328. The second kappa shape index (κ2) is 12.6. The van der Waals surface area contributed by atoms with Crippen molar-refractivity contribution < 1.29 is 23.8 Å². The highest BCUT2D eigenvalue weighted by Gasteiger charge is 2.18. The molecule has 0 saturated carbocycles. The van der Waals surface area contributed by atoms with Gasteiger partial charge in [0.1, 0.15) is 11.6 Å². The molecule has 1 aliphatic heterocycles. The third kappa shape index (κ3) is 7.30. The Bertz CT molecular complexity index is 821. The molecular formula is C23H31N3O5. The molecule has 2 rings (SSSR count). The normalized spacial score (nSPS) is 15.8. The van der Waals surface area contributed by atoms with E-state index >= 15 is 0 Å². The number of carbonyl (C=O) groups is 2. The summed E-state index contributed by atoms with van der Waals surface area (Å²) in [6.45, 7) is 8.31. The maximum absolute atomic E-state index is 12.4. The van der Waals surface area contributed by atoms with Gasteiger partial charge in [0.15, 0.2) is 18.1 Å². The first-order valence-electron chi connectivity index (χ1n) is 10.7. The first-order chi connectivity index (χ1) is 15.0. The molecule has 0 bridgehead atoms. The Morgan fingerprint density at radius 3 is 2.65 bits per heavy atom. The first kappa shape index (κ1) is 24.2. The Hall–Kier alpha value is -3.05. The number of nitrogens with zero attached hydrogens (tertiary/aromatic N) is 2. The summed E-state index contributed by atoms with van der Waals surface area (Å²) in [5.41, 5.74) is 0.612.